The van der Waals surface area contributed by atoms with E-state index in [1.54, 1.807) is 13.3 Å². The molecule has 1 aromatic rings. The Morgan fingerprint density at radius 2 is 2.00 bits per heavy atom. The highest BCUT2D eigenvalue weighted by Gasteiger charge is 1.99. The van der Waals surface area contributed by atoms with E-state index in [9.17, 15) is 0 Å². The van der Waals surface area contributed by atoms with Gasteiger partial charge in [-0.3, -0.25) is 9.67 Å². The van der Waals surface area contributed by atoms with Crippen LogP contribution in [-0.2, 0) is 6.54 Å². The molecular formula is C17H33N5. The maximum atomic E-state index is 4.35. The molecule has 0 spiro atoms. The second kappa shape index (κ2) is 14.2. The fourth-order valence-electron chi connectivity index (χ4n) is 1.74. The first-order chi connectivity index (χ1) is 10.7. The van der Waals surface area contributed by atoms with Crippen molar-refractivity contribution in [3.05, 3.63) is 24.3 Å². The van der Waals surface area contributed by atoms with Crippen LogP contribution in [-0.4, -0.2) is 30.1 Å². The summed E-state index contributed by atoms with van der Waals surface area (Å²) in [6, 6.07) is 0. The number of nitrogens with zero attached hydrogens (tertiary/aromatic N) is 3. The normalized spacial score (nSPS) is 11.2. The molecule has 22 heavy (non-hydrogen) atoms. The maximum Gasteiger partial charge on any atom is 0.104 e. The van der Waals surface area contributed by atoms with Gasteiger partial charge in [-0.25, -0.2) is 0 Å². The van der Waals surface area contributed by atoms with Crippen LogP contribution in [0.2, 0.25) is 0 Å². The Hall–Kier alpha value is -1.78. The van der Waals surface area contributed by atoms with Crippen LogP contribution < -0.4 is 10.6 Å². The standard InChI is InChI=1S/C14H25N5.C3H8/c1-4-5-6-7-10-19-12-13(11-17-19)18-14(16-3)8-9-15-2;1-3-2/h8-9,11-12,16,18H,4-7,10H2,1-3H3;3H2,1-2H3/b14-8+,15-9?;. The number of nitrogens with one attached hydrogen (secondary N) is 2. The minimum Gasteiger partial charge on any atom is -0.375 e. The topological polar surface area (TPSA) is 54.2 Å². The Balaban J connectivity index is 0.00000135. The van der Waals surface area contributed by atoms with E-state index in [2.05, 4.69) is 41.5 Å². The first kappa shape index (κ1) is 20.2. The van der Waals surface area contributed by atoms with Gasteiger partial charge in [0.25, 0.3) is 0 Å². The van der Waals surface area contributed by atoms with Crippen LogP contribution in [0.4, 0.5) is 5.69 Å². The summed E-state index contributed by atoms with van der Waals surface area (Å²) < 4.78 is 1.99. The second-order valence-electron chi connectivity index (χ2n) is 5.12. The Morgan fingerprint density at radius 1 is 1.27 bits per heavy atom. The Bertz CT molecular complexity index is 420. The van der Waals surface area contributed by atoms with Gasteiger partial charge in [0, 0.05) is 33.1 Å². The average molecular weight is 307 g/mol. The zero-order valence-corrected chi connectivity index (χ0v) is 14.9. The van der Waals surface area contributed by atoms with Gasteiger partial charge >= 0.3 is 0 Å². The number of aromatic nitrogens is 2. The lowest BCUT2D eigenvalue weighted by molar-refractivity contribution is 0.541. The van der Waals surface area contributed by atoms with Crippen LogP contribution in [0.3, 0.4) is 0 Å². The van der Waals surface area contributed by atoms with E-state index in [0.29, 0.717) is 0 Å². The minimum absolute atomic E-state index is 0.899. The molecule has 0 fully saturated rings. The summed E-state index contributed by atoms with van der Waals surface area (Å²) in [5, 5.41) is 10.7. The summed E-state index contributed by atoms with van der Waals surface area (Å²) in [6.07, 6.45) is 13.8. The van der Waals surface area contributed by atoms with Crippen molar-refractivity contribution in [2.24, 2.45) is 4.99 Å². The van der Waals surface area contributed by atoms with E-state index in [1.807, 2.05) is 30.2 Å². The molecule has 1 aromatic heterocycles. The highest BCUT2D eigenvalue weighted by molar-refractivity contribution is 5.72. The van der Waals surface area contributed by atoms with Gasteiger partial charge in [-0.05, 0) is 12.5 Å². The van der Waals surface area contributed by atoms with E-state index >= 15 is 0 Å². The summed E-state index contributed by atoms with van der Waals surface area (Å²) >= 11 is 0. The summed E-state index contributed by atoms with van der Waals surface area (Å²) in [7, 11) is 3.62. The quantitative estimate of drug-likeness (QED) is 0.534. The molecule has 0 amide bonds. The largest absolute Gasteiger partial charge is 0.375 e. The lowest BCUT2D eigenvalue weighted by Crippen LogP contribution is -2.14. The number of anilines is 1. The highest BCUT2D eigenvalue weighted by Crippen LogP contribution is 2.08. The molecule has 0 saturated carbocycles. The lowest BCUT2D eigenvalue weighted by Gasteiger charge is -2.06. The lowest BCUT2D eigenvalue weighted by atomic mass is 10.2. The van der Waals surface area contributed by atoms with Crippen LogP contribution in [0.15, 0.2) is 29.3 Å². The first-order valence-electron chi connectivity index (χ1n) is 8.31. The third-order valence-corrected chi connectivity index (χ3v) is 2.81. The molecule has 126 valence electrons. The summed E-state index contributed by atoms with van der Waals surface area (Å²) in [5.74, 6) is 0.899. The Morgan fingerprint density at radius 3 is 2.59 bits per heavy atom. The zero-order valence-electron chi connectivity index (χ0n) is 14.9. The van der Waals surface area contributed by atoms with Crippen molar-refractivity contribution < 1.29 is 0 Å². The molecule has 0 unspecified atom stereocenters. The van der Waals surface area contributed by atoms with Gasteiger partial charge < -0.3 is 10.6 Å². The Labute approximate surface area is 135 Å². The molecule has 0 bridgehead atoms. The molecule has 0 atom stereocenters. The van der Waals surface area contributed by atoms with Gasteiger partial charge in [0.2, 0.25) is 0 Å². The molecule has 2 N–H and O–H groups in total. The minimum atomic E-state index is 0.899. The molecule has 5 heteroatoms. The second-order valence-corrected chi connectivity index (χ2v) is 5.12. The molecule has 0 aliphatic rings. The molecule has 0 radical (unpaired) electrons. The predicted molar refractivity (Wildman–Crippen MR) is 97.5 cm³/mol. The van der Waals surface area contributed by atoms with Crippen molar-refractivity contribution in [2.45, 2.75) is 59.4 Å². The average Bonchev–Trinajstić information content (AvgIpc) is 2.96. The highest BCUT2D eigenvalue weighted by atomic mass is 15.3. The van der Waals surface area contributed by atoms with Crippen LogP contribution in [0.5, 0.6) is 0 Å². The number of aliphatic imine (C=N–C) groups is 1. The molecule has 0 aromatic carbocycles. The fraction of sp³-hybridized carbons (Fsp3) is 0.647. The molecule has 0 aliphatic heterocycles. The third-order valence-electron chi connectivity index (χ3n) is 2.81. The zero-order chi connectivity index (χ0) is 16.6. The monoisotopic (exact) mass is 307 g/mol. The summed E-state index contributed by atoms with van der Waals surface area (Å²) in [6.45, 7) is 7.46. The summed E-state index contributed by atoms with van der Waals surface area (Å²) in [5.41, 5.74) is 0.987. The van der Waals surface area contributed by atoms with Gasteiger partial charge in [0.05, 0.1) is 11.9 Å². The van der Waals surface area contributed by atoms with Crippen LogP contribution in [0.1, 0.15) is 52.9 Å². The van der Waals surface area contributed by atoms with Gasteiger partial charge in [0.1, 0.15) is 5.82 Å². The van der Waals surface area contributed by atoms with Crippen molar-refractivity contribution in [3.63, 3.8) is 0 Å². The fourth-order valence-corrected chi connectivity index (χ4v) is 1.74. The van der Waals surface area contributed by atoms with E-state index in [0.717, 1.165) is 18.1 Å². The number of unbranched alkanes of at least 4 members (excludes halogenated alkanes) is 3. The Kier molecular flexibility index (Phi) is 13.0. The van der Waals surface area contributed by atoms with Gasteiger partial charge in [-0.15, -0.1) is 0 Å². The van der Waals surface area contributed by atoms with Crippen molar-refractivity contribution >= 4 is 11.9 Å². The summed E-state index contributed by atoms with van der Waals surface area (Å²) in [4.78, 5) is 3.93. The molecule has 0 saturated heterocycles. The van der Waals surface area contributed by atoms with Gasteiger partial charge in [0.15, 0.2) is 0 Å². The number of hydrogen-bond donors (Lipinski definition) is 2. The molecular weight excluding hydrogens is 274 g/mol. The number of aryl methyl sites for hydroxylation is 1. The van der Waals surface area contributed by atoms with Crippen molar-refractivity contribution in [3.8, 4) is 0 Å². The number of rotatable bonds is 9. The van der Waals surface area contributed by atoms with E-state index in [1.165, 1.54) is 32.1 Å². The number of allylic oxidation sites excluding steroid dienone is 1. The SMILES string of the molecule is CCC.CCCCCCn1cc(N/C(=C/C=NC)NC)cn1. The van der Waals surface area contributed by atoms with Gasteiger partial charge in [-0.1, -0.05) is 46.5 Å². The third kappa shape index (κ3) is 10.0. The molecule has 0 aliphatic carbocycles. The molecule has 5 nitrogen and oxygen atoms in total. The van der Waals surface area contributed by atoms with E-state index in [4.69, 9.17) is 0 Å². The van der Waals surface area contributed by atoms with Gasteiger partial charge in [-0.2, -0.15) is 5.10 Å². The van der Waals surface area contributed by atoms with Crippen LogP contribution >= 0.6 is 0 Å². The van der Waals surface area contributed by atoms with Crippen LogP contribution in [0.25, 0.3) is 0 Å². The van der Waals surface area contributed by atoms with Crippen molar-refractivity contribution in [1.82, 2.24) is 15.1 Å². The smallest absolute Gasteiger partial charge is 0.104 e. The maximum absolute atomic E-state index is 4.35. The van der Waals surface area contributed by atoms with E-state index < -0.39 is 0 Å². The van der Waals surface area contributed by atoms with Crippen LogP contribution in [0, 0.1) is 0 Å². The van der Waals surface area contributed by atoms with Crippen molar-refractivity contribution in [2.75, 3.05) is 19.4 Å². The van der Waals surface area contributed by atoms with Crippen molar-refractivity contribution in [1.29, 1.82) is 0 Å². The molecule has 1 heterocycles. The van der Waals surface area contributed by atoms with E-state index in [-0.39, 0.29) is 0 Å². The predicted octanol–water partition coefficient (Wildman–Crippen LogP) is 4.05. The molecule has 1 rings (SSSR count). The first-order valence-corrected chi connectivity index (χ1v) is 8.31. The number of hydrogen-bond acceptors (Lipinski definition) is 4.